The van der Waals surface area contributed by atoms with E-state index in [0.29, 0.717) is 16.3 Å². The first-order chi connectivity index (χ1) is 8.61. The first-order valence-corrected chi connectivity index (χ1v) is 5.69. The van der Waals surface area contributed by atoms with Crippen molar-refractivity contribution in [3.05, 3.63) is 52.4 Å². The number of aliphatic hydroxyl groups excluding tert-OH is 1. The first-order valence-electron chi connectivity index (χ1n) is 5.31. The maximum absolute atomic E-state index is 13.7. The Morgan fingerprint density at radius 1 is 1.33 bits per heavy atom. The van der Waals surface area contributed by atoms with Crippen molar-refractivity contribution in [1.82, 2.24) is 4.98 Å². The van der Waals surface area contributed by atoms with Gasteiger partial charge in [-0.25, -0.2) is 9.37 Å². The van der Waals surface area contributed by atoms with Crippen molar-refractivity contribution in [3.63, 3.8) is 0 Å². The van der Waals surface area contributed by atoms with Crippen LogP contribution in [0, 0.1) is 12.7 Å². The van der Waals surface area contributed by atoms with E-state index in [1.54, 1.807) is 25.1 Å². The quantitative estimate of drug-likeness (QED) is 0.926. The Morgan fingerprint density at radius 2 is 2.11 bits per heavy atom. The Labute approximate surface area is 109 Å². The Bertz CT molecular complexity index is 575. The molecule has 94 valence electrons. The molecule has 2 rings (SSSR count). The normalized spacial score (nSPS) is 10.4. The third kappa shape index (κ3) is 2.60. The predicted octanol–water partition coefficient (Wildman–Crippen LogP) is 3.47. The van der Waals surface area contributed by atoms with E-state index in [-0.39, 0.29) is 18.2 Å². The summed E-state index contributed by atoms with van der Waals surface area (Å²) >= 11 is 5.80. The van der Waals surface area contributed by atoms with E-state index < -0.39 is 5.82 Å². The molecule has 1 heterocycles. The predicted molar refractivity (Wildman–Crippen MR) is 66.4 cm³/mol. The van der Waals surface area contributed by atoms with Gasteiger partial charge in [0.2, 0.25) is 5.88 Å². The zero-order chi connectivity index (χ0) is 13.1. The molecule has 0 aliphatic rings. The van der Waals surface area contributed by atoms with Crippen LogP contribution in [-0.4, -0.2) is 10.1 Å². The summed E-state index contributed by atoms with van der Waals surface area (Å²) < 4.78 is 19.1. The van der Waals surface area contributed by atoms with Crippen LogP contribution < -0.4 is 4.74 Å². The van der Waals surface area contributed by atoms with Crippen molar-refractivity contribution in [2.75, 3.05) is 0 Å². The van der Waals surface area contributed by atoms with E-state index in [9.17, 15) is 4.39 Å². The zero-order valence-electron chi connectivity index (χ0n) is 9.65. The largest absolute Gasteiger partial charge is 0.436 e. The average molecular weight is 268 g/mol. The maximum Gasteiger partial charge on any atom is 0.219 e. The fraction of sp³-hybridized carbons (Fsp3) is 0.154. The number of hydrogen-bond acceptors (Lipinski definition) is 3. The van der Waals surface area contributed by atoms with Crippen LogP contribution in [-0.2, 0) is 6.61 Å². The summed E-state index contributed by atoms with van der Waals surface area (Å²) in [4.78, 5) is 3.99. The molecular formula is C13H11ClFNO2. The maximum atomic E-state index is 13.7. The van der Waals surface area contributed by atoms with Gasteiger partial charge in [-0.3, -0.25) is 0 Å². The van der Waals surface area contributed by atoms with Gasteiger partial charge in [-0.2, -0.15) is 0 Å². The molecule has 0 fully saturated rings. The average Bonchev–Trinajstić information content (AvgIpc) is 2.37. The van der Waals surface area contributed by atoms with Crippen LogP contribution >= 0.6 is 11.6 Å². The number of ether oxygens (including phenoxy) is 1. The molecule has 5 heteroatoms. The number of hydrogen-bond donors (Lipinski definition) is 1. The summed E-state index contributed by atoms with van der Waals surface area (Å²) in [6.07, 6.45) is 0. The molecule has 2 aromatic rings. The number of nitrogens with zero attached hydrogens (tertiary/aromatic N) is 1. The number of aromatic nitrogens is 1. The van der Waals surface area contributed by atoms with E-state index in [1.807, 2.05) is 0 Å². The Morgan fingerprint density at radius 3 is 2.83 bits per heavy atom. The highest BCUT2D eigenvalue weighted by atomic mass is 35.5. The molecule has 0 unspecified atom stereocenters. The lowest BCUT2D eigenvalue weighted by molar-refractivity contribution is 0.275. The lowest BCUT2D eigenvalue weighted by Crippen LogP contribution is -1.96. The summed E-state index contributed by atoms with van der Waals surface area (Å²) in [5.74, 6) is -0.151. The standard InChI is InChI=1S/C13H11ClFNO2/c1-8-3-2-4-11(13(8)15)18-12-6-5-9(14)10(7-17)16-12/h2-6,17H,7H2,1H3. The highest BCUT2D eigenvalue weighted by molar-refractivity contribution is 6.31. The van der Waals surface area contributed by atoms with Crippen molar-refractivity contribution in [2.24, 2.45) is 0 Å². The van der Waals surface area contributed by atoms with Crippen molar-refractivity contribution in [2.45, 2.75) is 13.5 Å². The van der Waals surface area contributed by atoms with E-state index in [1.165, 1.54) is 12.1 Å². The summed E-state index contributed by atoms with van der Waals surface area (Å²) in [7, 11) is 0. The number of rotatable bonds is 3. The van der Waals surface area contributed by atoms with Gasteiger partial charge in [-0.1, -0.05) is 23.7 Å². The van der Waals surface area contributed by atoms with Crippen molar-refractivity contribution in [3.8, 4) is 11.6 Å². The van der Waals surface area contributed by atoms with Crippen LogP contribution in [0.15, 0.2) is 30.3 Å². The number of pyridine rings is 1. The minimum absolute atomic E-state index is 0.0914. The molecule has 1 aromatic carbocycles. The van der Waals surface area contributed by atoms with Gasteiger partial charge in [-0.05, 0) is 24.6 Å². The fourth-order valence-electron chi connectivity index (χ4n) is 1.44. The van der Waals surface area contributed by atoms with Gasteiger partial charge in [-0.15, -0.1) is 0 Å². The fourth-order valence-corrected chi connectivity index (χ4v) is 1.61. The molecule has 18 heavy (non-hydrogen) atoms. The van der Waals surface area contributed by atoms with Gasteiger partial charge < -0.3 is 9.84 Å². The van der Waals surface area contributed by atoms with Crippen LogP contribution in [0.1, 0.15) is 11.3 Å². The van der Waals surface area contributed by atoms with Crippen LogP contribution in [0.5, 0.6) is 11.6 Å². The minimum Gasteiger partial charge on any atom is -0.436 e. The third-order valence-corrected chi connectivity index (χ3v) is 2.76. The minimum atomic E-state index is -0.431. The molecule has 1 N–H and O–H groups in total. The smallest absolute Gasteiger partial charge is 0.219 e. The highest BCUT2D eigenvalue weighted by Gasteiger charge is 2.09. The van der Waals surface area contributed by atoms with Crippen molar-refractivity contribution >= 4 is 11.6 Å². The third-order valence-electron chi connectivity index (χ3n) is 2.41. The topological polar surface area (TPSA) is 42.4 Å². The van der Waals surface area contributed by atoms with Crippen LogP contribution in [0.25, 0.3) is 0 Å². The lowest BCUT2D eigenvalue weighted by Gasteiger charge is -2.08. The molecule has 0 radical (unpaired) electrons. The first kappa shape index (κ1) is 12.8. The Hall–Kier alpha value is -1.65. The Kier molecular flexibility index (Phi) is 3.79. The molecule has 0 saturated carbocycles. The van der Waals surface area contributed by atoms with Gasteiger partial charge in [0.15, 0.2) is 11.6 Å². The van der Waals surface area contributed by atoms with Gasteiger partial charge >= 0.3 is 0 Å². The van der Waals surface area contributed by atoms with Gasteiger partial charge in [0.05, 0.1) is 17.3 Å². The molecule has 0 amide bonds. The summed E-state index contributed by atoms with van der Waals surface area (Å²) in [6, 6.07) is 7.91. The number of aryl methyl sites for hydroxylation is 1. The van der Waals surface area contributed by atoms with E-state index in [0.717, 1.165) is 0 Å². The highest BCUT2D eigenvalue weighted by Crippen LogP contribution is 2.26. The lowest BCUT2D eigenvalue weighted by atomic mass is 10.2. The summed E-state index contributed by atoms with van der Waals surface area (Å²) in [6.45, 7) is 1.35. The molecule has 0 aliphatic heterocycles. The van der Waals surface area contributed by atoms with Crippen LogP contribution in [0.2, 0.25) is 5.02 Å². The van der Waals surface area contributed by atoms with E-state index in [4.69, 9.17) is 21.4 Å². The molecule has 0 spiro atoms. The summed E-state index contributed by atoms with van der Waals surface area (Å²) in [5, 5.41) is 9.37. The van der Waals surface area contributed by atoms with E-state index >= 15 is 0 Å². The van der Waals surface area contributed by atoms with Gasteiger partial charge in [0.1, 0.15) is 0 Å². The molecule has 3 nitrogen and oxygen atoms in total. The number of aliphatic hydroxyl groups is 1. The second kappa shape index (κ2) is 5.33. The van der Waals surface area contributed by atoms with Gasteiger partial charge in [0, 0.05) is 6.07 Å². The molecule has 0 bridgehead atoms. The SMILES string of the molecule is Cc1cccc(Oc2ccc(Cl)c(CO)n2)c1F. The molecular weight excluding hydrogens is 257 g/mol. The second-order valence-electron chi connectivity index (χ2n) is 3.73. The Balaban J connectivity index is 2.31. The van der Waals surface area contributed by atoms with Crippen LogP contribution in [0.4, 0.5) is 4.39 Å². The number of halogens is 2. The van der Waals surface area contributed by atoms with E-state index in [2.05, 4.69) is 4.98 Å². The summed E-state index contributed by atoms with van der Waals surface area (Å²) in [5.41, 5.74) is 0.783. The second-order valence-corrected chi connectivity index (χ2v) is 4.13. The zero-order valence-corrected chi connectivity index (χ0v) is 10.4. The van der Waals surface area contributed by atoms with Crippen molar-refractivity contribution in [1.29, 1.82) is 0 Å². The monoisotopic (exact) mass is 267 g/mol. The molecule has 1 aromatic heterocycles. The molecule has 0 aliphatic carbocycles. The van der Waals surface area contributed by atoms with Crippen molar-refractivity contribution < 1.29 is 14.2 Å². The van der Waals surface area contributed by atoms with Gasteiger partial charge in [0.25, 0.3) is 0 Å². The molecule has 0 saturated heterocycles. The molecule has 0 atom stereocenters. The van der Waals surface area contributed by atoms with Crippen LogP contribution in [0.3, 0.4) is 0 Å². The number of benzene rings is 1.